The topological polar surface area (TPSA) is 43.8 Å². The molecule has 4 nitrogen and oxygen atoms in total. The van der Waals surface area contributed by atoms with Crippen molar-refractivity contribution in [2.24, 2.45) is 0 Å². The minimum Gasteiger partial charge on any atom is -0.394 e. The van der Waals surface area contributed by atoms with Crippen LogP contribution in [0.3, 0.4) is 0 Å². The van der Waals surface area contributed by atoms with Gasteiger partial charge in [-0.25, -0.2) is 0 Å². The summed E-state index contributed by atoms with van der Waals surface area (Å²) in [4.78, 5) is 15.8. The van der Waals surface area contributed by atoms with Gasteiger partial charge >= 0.3 is 0 Å². The molecule has 0 spiro atoms. The first kappa shape index (κ1) is 12.9. The molecule has 1 fully saturated rings. The van der Waals surface area contributed by atoms with Crippen molar-refractivity contribution >= 4 is 11.6 Å². The normalized spacial score (nSPS) is 20.4. The molecule has 1 atom stereocenters. The fraction of sp³-hybridized carbons (Fsp3) is 0.500. The van der Waals surface area contributed by atoms with E-state index in [1.807, 2.05) is 17.0 Å². The van der Waals surface area contributed by atoms with Crippen molar-refractivity contribution in [2.45, 2.75) is 19.9 Å². The largest absolute Gasteiger partial charge is 0.394 e. The summed E-state index contributed by atoms with van der Waals surface area (Å²) in [5.41, 5.74) is 3.43. The average molecular weight is 248 g/mol. The second-order valence-electron chi connectivity index (χ2n) is 4.87. The molecule has 1 saturated heterocycles. The quantitative estimate of drug-likeness (QED) is 0.847. The molecule has 0 bridgehead atoms. The first-order valence-electron chi connectivity index (χ1n) is 6.25. The highest BCUT2D eigenvalue weighted by Crippen LogP contribution is 2.26. The molecular formula is C14H20N2O2. The number of likely N-dealkylation sites (N-methyl/N-ethyl adjacent to an activating group) is 1. The molecule has 1 aromatic rings. The summed E-state index contributed by atoms with van der Waals surface area (Å²) in [5.74, 6) is -0.00958. The Labute approximate surface area is 108 Å². The van der Waals surface area contributed by atoms with E-state index in [1.54, 1.807) is 11.9 Å². The lowest BCUT2D eigenvalue weighted by molar-refractivity contribution is -0.133. The predicted octanol–water partition coefficient (Wildman–Crippen LogP) is 0.943. The van der Waals surface area contributed by atoms with Gasteiger partial charge in [0, 0.05) is 25.8 Å². The number of carbonyl (C=O) groups excluding carboxylic acids is 1. The van der Waals surface area contributed by atoms with E-state index in [4.69, 9.17) is 0 Å². The summed E-state index contributed by atoms with van der Waals surface area (Å²) in [6.07, 6.45) is 0. The van der Waals surface area contributed by atoms with E-state index in [1.165, 1.54) is 11.1 Å². The minimum atomic E-state index is -0.454. The van der Waals surface area contributed by atoms with Gasteiger partial charge in [-0.2, -0.15) is 0 Å². The molecule has 1 aromatic carbocycles. The number of nitrogens with zero attached hydrogens (tertiary/aromatic N) is 2. The zero-order chi connectivity index (χ0) is 13.3. The summed E-state index contributed by atoms with van der Waals surface area (Å²) in [5, 5.41) is 9.48. The van der Waals surface area contributed by atoms with Gasteiger partial charge in [-0.05, 0) is 31.0 Å². The number of hydrogen-bond acceptors (Lipinski definition) is 3. The van der Waals surface area contributed by atoms with Gasteiger partial charge in [0.15, 0.2) is 0 Å². The molecule has 4 heteroatoms. The molecule has 1 aliphatic heterocycles. The maximum absolute atomic E-state index is 12.1. The molecule has 98 valence electrons. The third-order valence-electron chi connectivity index (χ3n) is 3.77. The van der Waals surface area contributed by atoms with Crippen LogP contribution in [0.2, 0.25) is 0 Å². The lowest BCUT2D eigenvalue weighted by Crippen LogP contribution is -2.57. The van der Waals surface area contributed by atoms with Crippen LogP contribution >= 0.6 is 0 Å². The molecule has 1 amide bonds. The number of anilines is 1. The maximum Gasteiger partial charge on any atom is 0.247 e. The van der Waals surface area contributed by atoms with Crippen LogP contribution in [-0.2, 0) is 4.79 Å². The van der Waals surface area contributed by atoms with Crippen molar-refractivity contribution in [1.29, 1.82) is 0 Å². The summed E-state index contributed by atoms with van der Waals surface area (Å²) >= 11 is 0. The summed E-state index contributed by atoms with van der Waals surface area (Å²) in [6.45, 7) is 5.43. The van der Waals surface area contributed by atoms with Crippen LogP contribution in [0.25, 0.3) is 0 Å². The molecule has 2 rings (SSSR count). The highest BCUT2D eigenvalue weighted by molar-refractivity contribution is 5.87. The zero-order valence-corrected chi connectivity index (χ0v) is 11.2. The number of piperazine rings is 1. The lowest BCUT2D eigenvalue weighted by Gasteiger charge is -2.40. The smallest absolute Gasteiger partial charge is 0.247 e. The van der Waals surface area contributed by atoms with Crippen LogP contribution in [0.5, 0.6) is 0 Å². The molecule has 18 heavy (non-hydrogen) atoms. The van der Waals surface area contributed by atoms with E-state index in [2.05, 4.69) is 19.9 Å². The van der Waals surface area contributed by atoms with Gasteiger partial charge in [0.2, 0.25) is 5.91 Å². The standard InChI is InChI=1S/C14H20N2O2/c1-10-5-4-6-12(11(10)2)16-8-7-15(3)14(18)13(16)9-17/h4-6,13,17H,7-9H2,1-3H3. The summed E-state index contributed by atoms with van der Waals surface area (Å²) < 4.78 is 0. The number of aliphatic hydroxyl groups excluding tert-OH is 1. The Morgan fingerprint density at radius 1 is 1.33 bits per heavy atom. The fourth-order valence-electron chi connectivity index (χ4n) is 2.42. The average Bonchev–Trinajstić information content (AvgIpc) is 2.36. The minimum absolute atomic E-state index is 0.00958. The van der Waals surface area contributed by atoms with Crippen molar-refractivity contribution < 1.29 is 9.90 Å². The first-order chi connectivity index (χ1) is 8.56. The van der Waals surface area contributed by atoms with E-state index < -0.39 is 6.04 Å². The van der Waals surface area contributed by atoms with Crippen molar-refractivity contribution in [2.75, 3.05) is 31.6 Å². The molecular weight excluding hydrogens is 228 g/mol. The third kappa shape index (κ3) is 2.08. The molecule has 1 N–H and O–H groups in total. The monoisotopic (exact) mass is 248 g/mol. The molecule has 0 saturated carbocycles. The third-order valence-corrected chi connectivity index (χ3v) is 3.77. The Morgan fingerprint density at radius 3 is 2.72 bits per heavy atom. The second kappa shape index (κ2) is 4.98. The van der Waals surface area contributed by atoms with Crippen LogP contribution in [0.4, 0.5) is 5.69 Å². The van der Waals surface area contributed by atoms with Gasteiger partial charge in [-0.1, -0.05) is 12.1 Å². The number of benzene rings is 1. The van der Waals surface area contributed by atoms with Gasteiger partial charge < -0.3 is 14.9 Å². The number of aliphatic hydroxyl groups is 1. The highest BCUT2D eigenvalue weighted by Gasteiger charge is 2.33. The Hall–Kier alpha value is -1.55. The van der Waals surface area contributed by atoms with Crippen LogP contribution in [0.1, 0.15) is 11.1 Å². The number of rotatable bonds is 2. The van der Waals surface area contributed by atoms with E-state index in [9.17, 15) is 9.90 Å². The van der Waals surface area contributed by atoms with Crippen molar-refractivity contribution in [3.63, 3.8) is 0 Å². The van der Waals surface area contributed by atoms with Gasteiger partial charge in [0.05, 0.1) is 6.61 Å². The van der Waals surface area contributed by atoms with Gasteiger partial charge in [0.25, 0.3) is 0 Å². The Kier molecular flexibility index (Phi) is 3.57. The second-order valence-corrected chi connectivity index (χ2v) is 4.87. The Morgan fingerprint density at radius 2 is 2.06 bits per heavy atom. The van der Waals surface area contributed by atoms with E-state index in [0.29, 0.717) is 6.54 Å². The van der Waals surface area contributed by atoms with Crippen LogP contribution in [0, 0.1) is 13.8 Å². The predicted molar refractivity (Wildman–Crippen MR) is 71.8 cm³/mol. The Balaban J connectivity index is 2.37. The Bertz CT molecular complexity index is 459. The van der Waals surface area contributed by atoms with Crippen molar-refractivity contribution in [3.05, 3.63) is 29.3 Å². The summed E-state index contributed by atoms with van der Waals surface area (Å²) in [7, 11) is 1.78. The molecule has 1 unspecified atom stereocenters. The van der Waals surface area contributed by atoms with Gasteiger partial charge in [-0.3, -0.25) is 4.79 Å². The molecule has 0 aliphatic carbocycles. The van der Waals surface area contributed by atoms with Crippen LogP contribution in [0.15, 0.2) is 18.2 Å². The first-order valence-corrected chi connectivity index (χ1v) is 6.25. The SMILES string of the molecule is Cc1cccc(N2CCN(C)C(=O)C2CO)c1C. The highest BCUT2D eigenvalue weighted by atomic mass is 16.3. The molecule has 1 heterocycles. The summed E-state index contributed by atoms with van der Waals surface area (Å²) in [6, 6.07) is 5.62. The van der Waals surface area contributed by atoms with E-state index in [-0.39, 0.29) is 12.5 Å². The fourth-order valence-corrected chi connectivity index (χ4v) is 2.42. The van der Waals surface area contributed by atoms with Crippen LogP contribution < -0.4 is 4.90 Å². The number of amides is 1. The lowest BCUT2D eigenvalue weighted by atomic mass is 10.0. The zero-order valence-electron chi connectivity index (χ0n) is 11.2. The van der Waals surface area contributed by atoms with Crippen LogP contribution in [-0.4, -0.2) is 48.7 Å². The van der Waals surface area contributed by atoms with Gasteiger partial charge in [0.1, 0.15) is 6.04 Å². The number of hydrogen-bond donors (Lipinski definition) is 1. The van der Waals surface area contributed by atoms with Crippen molar-refractivity contribution in [3.8, 4) is 0 Å². The number of carbonyl (C=O) groups is 1. The van der Waals surface area contributed by atoms with Gasteiger partial charge in [-0.15, -0.1) is 0 Å². The van der Waals surface area contributed by atoms with E-state index >= 15 is 0 Å². The maximum atomic E-state index is 12.1. The molecule has 1 aliphatic rings. The van der Waals surface area contributed by atoms with E-state index in [0.717, 1.165) is 12.2 Å². The van der Waals surface area contributed by atoms with Crippen molar-refractivity contribution in [1.82, 2.24) is 4.90 Å². The number of aryl methyl sites for hydroxylation is 1. The molecule has 0 aromatic heterocycles. The molecule has 0 radical (unpaired) electrons.